The molecule has 6 nitrogen and oxygen atoms in total. The van der Waals surface area contributed by atoms with Crippen molar-refractivity contribution in [3.05, 3.63) is 35.6 Å². The minimum absolute atomic E-state index is 0.0296. The van der Waals surface area contributed by atoms with Crippen molar-refractivity contribution >= 4 is 17.6 Å². The van der Waals surface area contributed by atoms with E-state index in [-0.39, 0.29) is 18.0 Å². The molecule has 0 spiro atoms. The average molecular weight is 333 g/mol. The predicted molar refractivity (Wildman–Crippen MR) is 84.9 cm³/mol. The normalized spacial score (nSPS) is 18.3. The number of carbonyl (C=O) groups is 3. The largest absolute Gasteiger partial charge is 0.340 e. The first kappa shape index (κ1) is 16.6. The van der Waals surface area contributed by atoms with Crippen LogP contribution in [-0.2, 0) is 9.59 Å². The van der Waals surface area contributed by atoms with Crippen molar-refractivity contribution in [1.82, 2.24) is 15.1 Å². The van der Waals surface area contributed by atoms with Crippen molar-refractivity contribution in [2.75, 3.05) is 32.7 Å². The molecule has 1 saturated heterocycles. The summed E-state index contributed by atoms with van der Waals surface area (Å²) in [5.74, 6) is -2.53. The topological polar surface area (TPSA) is 69.7 Å². The number of hydrogen-bond donors (Lipinski definition) is 1. The highest BCUT2D eigenvalue weighted by Gasteiger charge is 2.32. The Balaban J connectivity index is 1.45. The summed E-state index contributed by atoms with van der Waals surface area (Å²) >= 11 is 0. The molecule has 1 aliphatic carbocycles. The fraction of sp³-hybridized carbons (Fsp3) is 0.471. The van der Waals surface area contributed by atoms with Crippen LogP contribution in [0.3, 0.4) is 0 Å². The van der Waals surface area contributed by atoms with Gasteiger partial charge in [0.05, 0.1) is 6.54 Å². The molecule has 0 aromatic heterocycles. The van der Waals surface area contributed by atoms with E-state index in [1.54, 1.807) is 4.90 Å². The van der Waals surface area contributed by atoms with E-state index in [0.717, 1.165) is 19.2 Å². The van der Waals surface area contributed by atoms with Gasteiger partial charge in [-0.3, -0.25) is 19.3 Å². The zero-order chi connectivity index (χ0) is 17.1. The first-order valence-electron chi connectivity index (χ1n) is 8.14. The third kappa shape index (κ3) is 3.97. The van der Waals surface area contributed by atoms with Gasteiger partial charge < -0.3 is 10.2 Å². The fourth-order valence-electron chi connectivity index (χ4n) is 2.88. The second-order valence-electron chi connectivity index (χ2n) is 6.17. The summed E-state index contributed by atoms with van der Waals surface area (Å²) in [5.41, 5.74) is -0.0296. The van der Waals surface area contributed by atoms with Crippen molar-refractivity contribution in [2.45, 2.75) is 18.9 Å². The first-order chi connectivity index (χ1) is 11.5. The number of carbonyl (C=O) groups excluding carboxylic acids is 3. The van der Waals surface area contributed by atoms with E-state index in [9.17, 15) is 18.8 Å². The Labute approximate surface area is 139 Å². The van der Waals surface area contributed by atoms with E-state index < -0.39 is 17.5 Å². The molecule has 2 amide bonds. The molecule has 0 bridgehead atoms. The summed E-state index contributed by atoms with van der Waals surface area (Å²) in [7, 11) is 0. The van der Waals surface area contributed by atoms with Gasteiger partial charge in [0.15, 0.2) is 0 Å². The number of Topliss-reactive ketones (excluding diaryl/α,β-unsaturated/α-hetero) is 1. The summed E-state index contributed by atoms with van der Waals surface area (Å²) in [6.07, 6.45) is 2.48. The van der Waals surface area contributed by atoms with Crippen LogP contribution in [0.15, 0.2) is 24.3 Å². The molecular formula is C17H20FN3O3. The lowest BCUT2D eigenvalue weighted by atomic mass is 10.1. The molecule has 1 saturated carbocycles. The molecule has 1 heterocycles. The lowest BCUT2D eigenvalue weighted by molar-refractivity contribution is -0.133. The number of ketones is 1. The van der Waals surface area contributed by atoms with Gasteiger partial charge in [0.1, 0.15) is 5.82 Å². The lowest BCUT2D eigenvalue weighted by Gasteiger charge is -2.34. The Morgan fingerprint density at radius 3 is 2.46 bits per heavy atom. The van der Waals surface area contributed by atoms with Crippen LogP contribution < -0.4 is 5.32 Å². The monoisotopic (exact) mass is 333 g/mol. The minimum Gasteiger partial charge on any atom is -0.340 e. The Morgan fingerprint density at radius 1 is 1.12 bits per heavy atom. The van der Waals surface area contributed by atoms with Crippen molar-refractivity contribution < 1.29 is 18.8 Å². The molecule has 0 unspecified atom stereocenters. The van der Waals surface area contributed by atoms with Gasteiger partial charge in [-0.25, -0.2) is 4.39 Å². The fourth-order valence-corrected chi connectivity index (χ4v) is 2.88. The highest BCUT2D eigenvalue weighted by atomic mass is 19.1. The van der Waals surface area contributed by atoms with E-state index >= 15 is 0 Å². The van der Waals surface area contributed by atoms with Gasteiger partial charge in [0, 0.05) is 37.8 Å². The molecule has 1 N–H and O–H groups in total. The maximum absolute atomic E-state index is 13.1. The van der Waals surface area contributed by atoms with Crippen LogP contribution in [-0.4, -0.2) is 66.2 Å². The predicted octanol–water partition coefficient (Wildman–Crippen LogP) is 0.431. The van der Waals surface area contributed by atoms with Crippen molar-refractivity contribution in [2.24, 2.45) is 0 Å². The highest BCUT2D eigenvalue weighted by molar-refractivity contribution is 6.43. The maximum atomic E-state index is 13.1. The van der Waals surface area contributed by atoms with Crippen molar-refractivity contribution in [1.29, 1.82) is 0 Å². The number of amides is 2. The Bertz CT molecular complexity index is 652. The SMILES string of the molecule is O=C(NCC(=O)N1CCN(C2CC2)CC1)C(=O)c1cccc(F)c1. The first-order valence-corrected chi connectivity index (χ1v) is 8.14. The van der Waals surface area contributed by atoms with Crippen LogP contribution >= 0.6 is 0 Å². The molecular weight excluding hydrogens is 313 g/mol. The summed E-state index contributed by atoms with van der Waals surface area (Å²) < 4.78 is 13.1. The number of piperazine rings is 1. The highest BCUT2D eigenvalue weighted by Crippen LogP contribution is 2.27. The third-order valence-electron chi connectivity index (χ3n) is 4.42. The van der Waals surface area contributed by atoms with Gasteiger partial charge in [-0.1, -0.05) is 12.1 Å². The van der Waals surface area contributed by atoms with E-state index in [4.69, 9.17) is 0 Å². The molecule has 24 heavy (non-hydrogen) atoms. The summed E-state index contributed by atoms with van der Waals surface area (Å²) in [6, 6.07) is 5.61. The molecule has 1 aromatic carbocycles. The van der Waals surface area contributed by atoms with Gasteiger partial charge in [-0.05, 0) is 25.0 Å². The van der Waals surface area contributed by atoms with E-state index in [2.05, 4.69) is 10.2 Å². The smallest absolute Gasteiger partial charge is 0.292 e. The molecule has 0 radical (unpaired) electrons. The Hall–Kier alpha value is -2.28. The number of nitrogens with zero attached hydrogens (tertiary/aromatic N) is 2. The number of hydrogen-bond acceptors (Lipinski definition) is 4. The lowest BCUT2D eigenvalue weighted by Crippen LogP contribution is -2.52. The Kier molecular flexibility index (Phi) is 4.89. The van der Waals surface area contributed by atoms with Crippen LogP contribution in [0.2, 0.25) is 0 Å². The number of rotatable bonds is 5. The van der Waals surface area contributed by atoms with Gasteiger partial charge in [0.2, 0.25) is 11.7 Å². The van der Waals surface area contributed by atoms with E-state index in [0.29, 0.717) is 19.1 Å². The van der Waals surface area contributed by atoms with Crippen LogP contribution in [0.4, 0.5) is 4.39 Å². The van der Waals surface area contributed by atoms with Crippen LogP contribution in [0.25, 0.3) is 0 Å². The average Bonchev–Trinajstić information content (AvgIpc) is 3.44. The number of benzene rings is 1. The van der Waals surface area contributed by atoms with Gasteiger partial charge >= 0.3 is 0 Å². The molecule has 3 rings (SSSR count). The summed E-state index contributed by atoms with van der Waals surface area (Å²) in [4.78, 5) is 39.9. The van der Waals surface area contributed by atoms with Crippen LogP contribution in [0.1, 0.15) is 23.2 Å². The molecule has 2 fully saturated rings. The maximum Gasteiger partial charge on any atom is 0.292 e. The van der Waals surface area contributed by atoms with Crippen molar-refractivity contribution in [3.63, 3.8) is 0 Å². The Morgan fingerprint density at radius 2 is 1.83 bits per heavy atom. The van der Waals surface area contributed by atoms with Crippen molar-refractivity contribution in [3.8, 4) is 0 Å². The molecule has 0 atom stereocenters. The minimum atomic E-state index is -0.898. The van der Waals surface area contributed by atoms with Gasteiger partial charge in [-0.2, -0.15) is 0 Å². The second-order valence-corrected chi connectivity index (χ2v) is 6.17. The van der Waals surface area contributed by atoms with Crippen LogP contribution in [0, 0.1) is 5.82 Å². The van der Waals surface area contributed by atoms with Crippen LogP contribution in [0.5, 0.6) is 0 Å². The second kappa shape index (κ2) is 7.09. The molecule has 1 aromatic rings. The molecule has 2 aliphatic rings. The quantitative estimate of drug-likeness (QED) is 0.627. The molecule has 128 valence electrons. The van der Waals surface area contributed by atoms with Gasteiger partial charge in [-0.15, -0.1) is 0 Å². The standard InChI is InChI=1S/C17H20FN3O3/c18-13-3-1-2-12(10-13)16(23)17(24)19-11-15(22)21-8-6-20(7-9-21)14-4-5-14/h1-3,10,14H,4-9,11H2,(H,19,24). The van der Waals surface area contributed by atoms with E-state index in [1.165, 1.54) is 31.0 Å². The number of nitrogens with one attached hydrogen (secondary N) is 1. The number of halogens is 1. The summed E-state index contributed by atoms with van der Waals surface area (Å²) in [6.45, 7) is 2.77. The zero-order valence-electron chi connectivity index (χ0n) is 13.3. The zero-order valence-corrected chi connectivity index (χ0v) is 13.3. The summed E-state index contributed by atoms with van der Waals surface area (Å²) in [5, 5.41) is 2.33. The molecule has 7 heteroatoms. The molecule has 1 aliphatic heterocycles. The third-order valence-corrected chi connectivity index (χ3v) is 4.42. The van der Waals surface area contributed by atoms with Gasteiger partial charge in [0.25, 0.3) is 5.91 Å². The van der Waals surface area contributed by atoms with E-state index in [1.807, 2.05) is 0 Å².